The molecule has 0 aliphatic rings. The van der Waals surface area contributed by atoms with Gasteiger partial charge in [0.25, 0.3) is 5.91 Å². The second kappa shape index (κ2) is 5.75. The molecule has 0 unspecified atom stereocenters. The summed E-state index contributed by atoms with van der Waals surface area (Å²) in [4.78, 5) is 12.7. The highest BCUT2D eigenvalue weighted by Gasteiger charge is 2.14. The Morgan fingerprint density at radius 3 is 2.95 bits per heavy atom. The summed E-state index contributed by atoms with van der Waals surface area (Å²) in [5.74, 6) is -0.118. The fourth-order valence-corrected chi connectivity index (χ4v) is 2.47. The molecule has 0 saturated carbocycles. The molecule has 2 aromatic rings. The van der Waals surface area contributed by atoms with Crippen molar-refractivity contribution in [3.63, 3.8) is 0 Å². The number of hydrogen-bond donors (Lipinski definition) is 2. The van der Waals surface area contributed by atoms with E-state index in [4.69, 9.17) is 5.73 Å². The lowest BCUT2D eigenvalue weighted by atomic mass is 10.2. The van der Waals surface area contributed by atoms with Gasteiger partial charge >= 0.3 is 0 Å². The highest BCUT2D eigenvalue weighted by molar-refractivity contribution is 7.99. The fraction of sp³-hybridized carbons (Fsp3) is 0.250. The van der Waals surface area contributed by atoms with E-state index in [-0.39, 0.29) is 5.91 Å². The van der Waals surface area contributed by atoms with Crippen molar-refractivity contribution in [1.82, 2.24) is 20.1 Å². The van der Waals surface area contributed by atoms with Crippen LogP contribution in [0.5, 0.6) is 0 Å². The molecule has 0 aliphatic carbocycles. The molecule has 0 saturated heterocycles. The molecule has 0 bridgehead atoms. The molecule has 0 spiro atoms. The molecule has 0 atom stereocenters. The molecule has 3 N–H and O–H groups in total. The fourth-order valence-electron chi connectivity index (χ4n) is 1.53. The highest BCUT2D eigenvalue weighted by atomic mass is 32.2. The Bertz CT molecular complexity index is 596. The van der Waals surface area contributed by atoms with Crippen molar-refractivity contribution in [3.8, 4) is 0 Å². The minimum atomic E-state index is -0.118. The number of anilines is 1. The van der Waals surface area contributed by atoms with Crippen LogP contribution in [-0.2, 0) is 7.05 Å². The summed E-state index contributed by atoms with van der Waals surface area (Å²) < 4.78 is 1.79. The van der Waals surface area contributed by atoms with Crippen molar-refractivity contribution in [2.24, 2.45) is 7.05 Å². The lowest BCUT2D eigenvalue weighted by molar-refractivity contribution is 0.0953. The van der Waals surface area contributed by atoms with Crippen molar-refractivity contribution in [1.29, 1.82) is 0 Å². The van der Waals surface area contributed by atoms with E-state index >= 15 is 0 Å². The SMILES string of the molecule is CCNC(=O)c1ccc(N)cc1Sc1nncn1C. The van der Waals surface area contributed by atoms with Crippen molar-refractivity contribution in [2.45, 2.75) is 17.0 Å². The number of aryl methyl sites for hydroxylation is 1. The van der Waals surface area contributed by atoms with Crippen LogP contribution in [-0.4, -0.2) is 27.2 Å². The monoisotopic (exact) mass is 277 g/mol. The van der Waals surface area contributed by atoms with Gasteiger partial charge in [-0.05, 0) is 36.9 Å². The Hall–Kier alpha value is -2.02. The normalized spacial score (nSPS) is 10.4. The first kappa shape index (κ1) is 13.4. The van der Waals surface area contributed by atoms with Crippen LogP contribution in [0, 0.1) is 0 Å². The zero-order valence-electron chi connectivity index (χ0n) is 10.8. The van der Waals surface area contributed by atoms with E-state index in [1.165, 1.54) is 11.8 Å². The number of carbonyl (C=O) groups is 1. The maximum atomic E-state index is 12.0. The lowest BCUT2D eigenvalue weighted by Crippen LogP contribution is -2.23. The van der Waals surface area contributed by atoms with Crippen LogP contribution in [0.25, 0.3) is 0 Å². The zero-order valence-corrected chi connectivity index (χ0v) is 11.6. The zero-order chi connectivity index (χ0) is 13.8. The Balaban J connectivity index is 2.35. The van der Waals surface area contributed by atoms with Crippen molar-refractivity contribution < 1.29 is 4.79 Å². The Morgan fingerprint density at radius 2 is 2.32 bits per heavy atom. The molecular weight excluding hydrogens is 262 g/mol. The predicted octanol–water partition coefficient (Wildman–Crippen LogP) is 1.30. The van der Waals surface area contributed by atoms with Gasteiger partial charge in [0.05, 0.1) is 5.56 Å². The van der Waals surface area contributed by atoms with Crippen LogP contribution >= 0.6 is 11.8 Å². The molecule has 1 heterocycles. The summed E-state index contributed by atoms with van der Waals surface area (Å²) in [5, 5.41) is 11.3. The van der Waals surface area contributed by atoms with Gasteiger partial charge in [-0.15, -0.1) is 10.2 Å². The molecule has 0 radical (unpaired) electrons. The number of aromatic nitrogens is 3. The molecule has 7 heteroatoms. The first-order chi connectivity index (χ1) is 9.11. The topological polar surface area (TPSA) is 85.8 Å². The number of rotatable bonds is 4. The largest absolute Gasteiger partial charge is 0.399 e. The molecule has 0 fully saturated rings. The second-order valence-corrected chi connectivity index (χ2v) is 4.95. The third-order valence-corrected chi connectivity index (χ3v) is 3.57. The number of carbonyl (C=O) groups excluding carboxylic acids is 1. The van der Waals surface area contributed by atoms with Crippen LogP contribution in [0.4, 0.5) is 5.69 Å². The number of nitrogens with zero attached hydrogens (tertiary/aromatic N) is 3. The standard InChI is InChI=1S/C12H15N5OS/c1-3-14-11(18)9-5-4-8(13)6-10(9)19-12-16-15-7-17(12)2/h4-7H,3,13H2,1-2H3,(H,14,18). The van der Waals surface area contributed by atoms with Gasteiger partial charge < -0.3 is 15.6 Å². The van der Waals surface area contributed by atoms with Crippen molar-refractivity contribution in [3.05, 3.63) is 30.1 Å². The lowest BCUT2D eigenvalue weighted by Gasteiger charge is -2.09. The van der Waals surface area contributed by atoms with Gasteiger partial charge in [0.1, 0.15) is 6.33 Å². The van der Waals surface area contributed by atoms with Gasteiger partial charge in [-0.25, -0.2) is 0 Å². The van der Waals surface area contributed by atoms with E-state index in [9.17, 15) is 4.79 Å². The van der Waals surface area contributed by atoms with Gasteiger partial charge in [-0.1, -0.05) is 0 Å². The van der Waals surface area contributed by atoms with Crippen LogP contribution in [0.15, 0.2) is 34.6 Å². The summed E-state index contributed by atoms with van der Waals surface area (Å²) in [6.45, 7) is 2.46. The highest BCUT2D eigenvalue weighted by Crippen LogP contribution is 2.30. The summed E-state index contributed by atoms with van der Waals surface area (Å²) in [7, 11) is 1.85. The number of nitrogens with two attached hydrogens (primary N) is 1. The third-order valence-electron chi connectivity index (χ3n) is 2.46. The minimum absolute atomic E-state index is 0.118. The Morgan fingerprint density at radius 1 is 1.53 bits per heavy atom. The molecule has 1 aromatic heterocycles. The molecule has 100 valence electrons. The molecule has 6 nitrogen and oxygen atoms in total. The maximum Gasteiger partial charge on any atom is 0.252 e. The van der Waals surface area contributed by atoms with Crippen molar-refractivity contribution in [2.75, 3.05) is 12.3 Å². The summed E-state index contributed by atoms with van der Waals surface area (Å²) in [6.07, 6.45) is 1.61. The predicted molar refractivity (Wildman–Crippen MR) is 74.0 cm³/mol. The summed E-state index contributed by atoms with van der Waals surface area (Å²) >= 11 is 1.36. The molecular formula is C12H15N5OS. The van der Waals surface area contributed by atoms with E-state index in [1.54, 1.807) is 29.1 Å². The van der Waals surface area contributed by atoms with E-state index in [0.717, 1.165) is 4.90 Å². The summed E-state index contributed by atoms with van der Waals surface area (Å²) in [5.41, 5.74) is 6.98. The molecule has 1 aromatic carbocycles. The van der Waals surface area contributed by atoms with E-state index < -0.39 is 0 Å². The van der Waals surface area contributed by atoms with Crippen LogP contribution < -0.4 is 11.1 Å². The van der Waals surface area contributed by atoms with E-state index in [0.29, 0.717) is 23.0 Å². The van der Waals surface area contributed by atoms with Crippen LogP contribution in [0.2, 0.25) is 0 Å². The number of nitrogens with one attached hydrogen (secondary N) is 1. The smallest absolute Gasteiger partial charge is 0.252 e. The number of benzene rings is 1. The summed E-state index contributed by atoms with van der Waals surface area (Å²) in [6, 6.07) is 5.20. The number of amides is 1. The Kier molecular flexibility index (Phi) is 4.06. The van der Waals surface area contributed by atoms with Gasteiger partial charge in [-0.3, -0.25) is 4.79 Å². The Labute approximate surface area is 115 Å². The quantitative estimate of drug-likeness (QED) is 0.823. The first-order valence-corrected chi connectivity index (χ1v) is 6.63. The van der Waals surface area contributed by atoms with E-state index in [2.05, 4.69) is 15.5 Å². The maximum absolute atomic E-state index is 12.0. The number of hydrogen-bond acceptors (Lipinski definition) is 5. The van der Waals surface area contributed by atoms with E-state index in [1.807, 2.05) is 14.0 Å². The average molecular weight is 277 g/mol. The second-order valence-electron chi connectivity index (χ2n) is 3.94. The van der Waals surface area contributed by atoms with Crippen LogP contribution in [0.3, 0.4) is 0 Å². The number of nitrogen functional groups attached to an aromatic ring is 1. The van der Waals surface area contributed by atoms with Crippen molar-refractivity contribution >= 4 is 23.4 Å². The third kappa shape index (κ3) is 3.05. The average Bonchev–Trinajstić information content (AvgIpc) is 2.75. The molecule has 19 heavy (non-hydrogen) atoms. The molecule has 1 amide bonds. The molecule has 2 rings (SSSR count). The van der Waals surface area contributed by atoms with Gasteiger partial charge in [-0.2, -0.15) is 0 Å². The van der Waals surface area contributed by atoms with Gasteiger partial charge in [0.2, 0.25) is 0 Å². The van der Waals surface area contributed by atoms with Crippen LogP contribution in [0.1, 0.15) is 17.3 Å². The first-order valence-electron chi connectivity index (χ1n) is 5.81. The minimum Gasteiger partial charge on any atom is -0.399 e. The van der Waals surface area contributed by atoms with Gasteiger partial charge in [0.15, 0.2) is 5.16 Å². The van der Waals surface area contributed by atoms with Gasteiger partial charge in [0, 0.05) is 24.2 Å². The molecule has 0 aliphatic heterocycles.